The van der Waals surface area contributed by atoms with Crippen LogP contribution < -0.4 is 5.32 Å². The average molecular weight is 275 g/mol. The summed E-state index contributed by atoms with van der Waals surface area (Å²) in [5.74, 6) is 1.20. The van der Waals surface area contributed by atoms with Gasteiger partial charge in [0.1, 0.15) is 0 Å². The average Bonchev–Trinajstić information content (AvgIpc) is 2.46. The summed E-state index contributed by atoms with van der Waals surface area (Å²) in [6.07, 6.45) is 3.77. The maximum atomic E-state index is 12.1. The van der Waals surface area contributed by atoms with E-state index in [0.29, 0.717) is 18.3 Å². The van der Waals surface area contributed by atoms with Crippen LogP contribution in [0.2, 0.25) is 0 Å². The predicted molar refractivity (Wildman–Crippen MR) is 81.9 cm³/mol. The molecule has 1 aromatic carbocycles. The lowest BCUT2D eigenvalue weighted by Crippen LogP contribution is -2.19. The van der Waals surface area contributed by atoms with E-state index in [0.717, 1.165) is 38.2 Å². The zero-order chi connectivity index (χ0) is 14.4. The number of hydrogen-bond donors (Lipinski definition) is 1. The van der Waals surface area contributed by atoms with Crippen LogP contribution >= 0.6 is 0 Å². The number of rotatable bonds is 5. The Morgan fingerprint density at radius 1 is 1.30 bits per heavy atom. The van der Waals surface area contributed by atoms with Gasteiger partial charge in [0.05, 0.1) is 0 Å². The van der Waals surface area contributed by atoms with Crippen LogP contribution in [0.25, 0.3) is 0 Å². The van der Waals surface area contributed by atoms with Crippen LogP contribution in [-0.2, 0) is 9.53 Å². The van der Waals surface area contributed by atoms with Crippen LogP contribution in [0.5, 0.6) is 0 Å². The Hall–Kier alpha value is -1.35. The standard InChI is InChI=1S/C17H25NO2/c1-13(2)15-5-3-4-6-16(15)18-17(19)8-7-14-9-11-20-12-10-14/h3-6,13-14H,7-12H2,1-2H3,(H,18,19). The lowest BCUT2D eigenvalue weighted by Gasteiger charge is -2.21. The Bertz CT molecular complexity index is 436. The fourth-order valence-electron chi connectivity index (χ4n) is 2.70. The maximum Gasteiger partial charge on any atom is 0.224 e. The lowest BCUT2D eigenvalue weighted by molar-refractivity contribution is -0.116. The Morgan fingerprint density at radius 2 is 2.00 bits per heavy atom. The molecule has 3 heteroatoms. The molecule has 1 aliphatic rings. The number of hydrogen-bond acceptors (Lipinski definition) is 2. The summed E-state index contributed by atoms with van der Waals surface area (Å²) < 4.78 is 5.34. The molecule has 1 aromatic rings. The Balaban J connectivity index is 1.85. The molecule has 1 saturated heterocycles. The number of carbonyl (C=O) groups excluding carboxylic acids is 1. The van der Waals surface area contributed by atoms with E-state index in [-0.39, 0.29) is 5.91 Å². The third kappa shape index (κ3) is 4.34. The van der Waals surface area contributed by atoms with Gasteiger partial charge in [0.25, 0.3) is 0 Å². The van der Waals surface area contributed by atoms with Crippen molar-refractivity contribution in [2.45, 2.75) is 45.4 Å². The molecular weight excluding hydrogens is 250 g/mol. The van der Waals surface area contributed by atoms with Crippen molar-refractivity contribution < 1.29 is 9.53 Å². The topological polar surface area (TPSA) is 38.3 Å². The maximum absolute atomic E-state index is 12.1. The molecule has 0 spiro atoms. The summed E-state index contributed by atoms with van der Waals surface area (Å²) in [7, 11) is 0. The monoisotopic (exact) mass is 275 g/mol. The van der Waals surface area contributed by atoms with Gasteiger partial charge in [-0.1, -0.05) is 32.0 Å². The molecule has 1 amide bonds. The van der Waals surface area contributed by atoms with Crippen LogP contribution in [0.4, 0.5) is 5.69 Å². The second-order valence-corrected chi connectivity index (χ2v) is 5.88. The highest BCUT2D eigenvalue weighted by Gasteiger charge is 2.16. The molecule has 110 valence electrons. The Kier molecular flexibility index (Phi) is 5.60. The quantitative estimate of drug-likeness (QED) is 0.883. The zero-order valence-corrected chi connectivity index (χ0v) is 12.5. The van der Waals surface area contributed by atoms with E-state index < -0.39 is 0 Å². The van der Waals surface area contributed by atoms with Crippen LogP contribution in [0.3, 0.4) is 0 Å². The van der Waals surface area contributed by atoms with Gasteiger partial charge in [-0.3, -0.25) is 4.79 Å². The summed E-state index contributed by atoms with van der Waals surface area (Å²) in [6.45, 7) is 5.99. The summed E-state index contributed by atoms with van der Waals surface area (Å²) >= 11 is 0. The van der Waals surface area contributed by atoms with Gasteiger partial charge in [-0.05, 0) is 42.7 Å². The van der Waals surface area contributed by atoms with E-state index in [1.165, 1.54) is 5.56 Å². The zero-order valence-electron chi connectivity index (χ0n) is 12.5. The molecule has 0 saturated carbocycles. The number of ether oxygens (including phenoxy) is 1. The van der Waals surface area contributed by atoms with Crippen LogP contribution in [0.15, 0.2) is 24.3 Å². The molecule has 0 aromatic heterocycles. The fourth-order valence-corrected chi connectivity index (χ4v) is 2.70. The first kappa shape index (κ1) is 15.0. The minimum absolute atomic E-state index is 0.129. The van der Waals surface area contributed by atoms with E-state index in [1.807, 2.05) is 18.2 Å². The van der Waals surface area contributed by atoms with Crippen molar-refractivity contribution in [3.8, 4) is 0 Å². The smallest absolute Gasteiger partial charge is 0.224 e. The predicted octanol–water partition coefficient (Wildman–Crippen LogP) is 3.96. The highest BCUT2D eigenvalue weighted by Crippen LogP contribution is 2.25. The molecule has 1 aliphatic heterocycles. The normalized spacial score (nSPS) is 16.4. The van der Waals surface area contributed by atoms with E-state index in [2.05, 4.69) is 25.2 Å². The highest BCUT2D eigenvalue weighted by molar-refractivity contribution is 5.91. The van der Waals surface area contributed by atoms with Gasteiger partial charge in [0.15, 0.2) is 0 Å². The molecular formula is C17H25NO2. The molecule has 0 bridgehead atoms. The summed E-state index contributed by atoms with van der Waals surface area (Å²) in [6, 6.07) is 8.06. The molecule has 20 heavy (non-hydrogen) atoms. The molecule has 0 radical (unpaired) electrons. The Morgan fingerprint density at radius 3 is 2.70 bits per heavy atom. The third-order valence-electron chi connectivity index (χ3n) is 3.98. The van der Waals surface area contributed by atoms with E-state index in [9.17, 15) is 4.79 Å². The van der Waals surface area contributed by atoms with Gasteiger partial charge in [0.2, 0.25) is 5.91 Å². The van der Waals surface area contributed by atoms with Gasteiger partial charge >= 0.3 is 0 Å². The van der Waals surface area contributed by atoms with Crippen molar-refractivity contribution in [2.24, 2.45) is 5.92 Å². The van der Waals surface area contributed by atoms with Gasteiger partial charge < -0.3 is 10.1 Å². The van der Waals surface area contributed by atoms with Crippen LogP contribution in [-0.4, -0.2) is 19.1 Å². The number of nitrogens with one attached hydrogen (secondary N) is 1. The first-order valence-electron chi connectivity index (χ1n) is 7.63. The van der Waals surface area contributed by atoms with Crippen LogP contribution in [0, 0.1) is 5.92 Å². The summed E-state index contributed by atoms with van der Waals surface area (Å²) in [4.78, 5) is 12.1. The molecule has 1 N–H and O–H groups in total. The number of para-hydroxylation sites is 1. The van der Waals surface area contributed by atoms with Crippen molar-refractivity contribution in [2.75, 3.05) is 18.5 Å². The molecule has 0 atom stereocenters. The first-order chi connectivity index (χ1) is 9.66. The number of carbonyl (C=O) groups is 1. The van der Waals surface area contributed by atoms with Crippen molar-refractivity contribution >= 4 is 11.6 Å². The minimum atomic E-state index is 0.129. The van der Waals surface area contributed by atoms with Gasteiger partial charge in [-0.25, -0.2) is 0 Å². The SMILES string of the molecule is CC(C)c1ccccc1NC(=O)CCC1CCOCC1. The fraction of sp³-hybridized carbons (Fsp3) is 0.588. The van der Waals surface area contributed by atoms with Crippen molar-refractivity contribution in [1.82, 2.24) is 0 Å². The van der Waals surface area contributed by atoms with E-state index in [1.54, 1.807) is 0 Å². The minimum Gasteiger partial charge on any atom is -0.381 e. The van der Waals surface area contributed by atoms with E-state index in [4.69, 9.17) is 4.74 Å². The van der Waals surface area contributed by atoms with Gasteiger partial charge in [-0.15, -0.1) is 0 Å². The molecule has 1 fully saturated rings. The highest BCUT2D eigenvalue weighted by atomic mass is 16.5. The lowest BCUT2D eigenvalue weighted by atomic mass is 9.94. The van der Waals surface area contributed by atoms with Crippen molar-refractivity contribution in [3.05, 3.63) is 29.8 Å². The molecule has 0 unspecified atom stereocenters. The third-order valence-corrected chi connectivity index (χ3v) is 3.98. The largest absolute Gasteiger partial charge is 0.381 e. The molecule has 1 heterocycles. The molecule has 0 aliphatic carbocycles. The number of benzene rings is 1. The van der Waals surface area contributed by atoms with Crippen molar-refractivity contribution in [1.29, 1.82) is 0 Å². The second kappa shape index (κ2) is 7.44. The summed E-state index contributed by atoms with van der Waals surface area (Å²) in [5.41, 5.74) is 2.16. The number of amides is 1. The second-order valence-electron chi connectivity index (χ2n) is 5.88. The molecule has 3 nitrogen and oxygen atoms in total. The summed E-state index contributed by atoms with van der Waals surface area (Å²) in [5, 5.41) is 3.06. The van der Waals surface area contributed by atoms with Crippen molar-refractivity contribution in [3.63, 3.8) is 0 Å². The van der Waals surface area contributed by atoms with E-state index >= 15 is 0 Å². The number of anilines is 1. The van der Waals surface area contributed by atoms with Gasteiger partial charge in [0, 0.05) is 25.3 Å². The van der Waals surface area contributed by atoms with Gasteiger partial charge in [-0.2, -0.15) is 0 Å². The Labute approximate surface area is 121 Å². The molecule has 2 rings (SSSR count). The first-order valence-corrected chi connectivity index (χ1v) is 7.63. The van der Waals surface area contributed by atoms with Crippen LogP contribution in [0.1, 0.15) is 51.0 Å².